The van der Waals surface area contributed by atoms with Crippen LogP contribution in [0.25, 0.3) is 0 Å². The van der Waals surface area contributed by atoms with Crippen LogP contribution in [-0.2, 0) is 6.54 Å². The first-order valence-electron chi connectivity index (χ1n) is 8.20. The maximum absolute atomic E-state index is 12.5. The fourth-order valence-electron chi connectivity index (χ4n) is 3.02. The molecule has 2 aromatic carbocycles. The van der Waals surface area contributed by atoms with E-state index >= 15 is 0 Å². The highest BCUT2D eigenvalue weighted by Crippen LogP contribution is 2.33. The molecule has 0 fully saturated rings. The standard InChI is InChI=1S/C19H17ClN4O2/c1-26-16-7-2-4-13(10-16)19(25)21-17-12-18-23(8-9-24(18)22-17)15-6-3-5-14(20)11-15/h2-7,10-12H,8-9H2,1H3,(H,21,22,25). The van der Waals surface area contributed by atoms with Crippen molar-refractivity contribution in [3.63, 3.8) is 0 Å². The van der Waals surface area contributed by atoms with E-state index in [9.17, 15) is 4.79 Å². The molecule has 1 aliphatic rings. The Kier molecular flexibility index (Phi) is 4.26. The van der Waals surface area contributed by atoms with Gasteiger partial charge in [-0.2, -0.15) is 5.10 Å². The Bertz CT molecular complexity index is 970. The maximum atomic E-state index is 12.5. The third-order valence-corrected chi connectivity index (χ3v) is 4.50. The molecule has 1 N–H and O–H groups in total. The zero-order chi connectivity index (χ0) is 18.1. The van der Waals surface area contributed by atoms with Crippen LogP contribution in [0.1, 0.15) is 10.4 Å². The summed E-state index contributed by atoms with van der Waals surface area (Å²) in [6.45, 7) is 1.56. The number of anilines is 3. The fraction of sp³-hybridized carbons (Fsp3) is 0.158. The van der Waals surface area contributed by atoms with Crippen LogP contribution in [0.3, 0.4) is 0 Å². The molecule has 6 nitrogen and oxygen atoms in total. The molecule has 0 spiro atoms. The van der Waals surface area contributed by atoms with Crippen molar-refractivity contribution in [1.82, 2.24) is 9.78 Å². The number of aromatic nitrogens is 2. The number of amides is 1. The van der Waals surface area contributed by atoms with E-state index in [0.29, 0.717) is 22.2 Å². The maximum Gasteiger partial charge on any atom is 0.256 e. The van der Waals surface area contributed by atoms with Crippen LogP contribution < -0.4 is 15.0 Å². The molecule has 0 saturated carbocycles. The van der Waals surface area contributed by atoms with Crippen molar-refractivity contribution in [3.05, 3.63) is 65.2 Å². The number of fused-ring (bicyclic) bond motifs is 1. The highest BCUT2D eigenvalue weighted by atomic mass is 35.5. The average molecular weight is 369 g/mol. The molecule has 0 atom stereocenters. The highest BCUT2D eigenvalue weighted by molar-refractivity contribution is 6.30. The zero-order valence-corrected chi connectivity index (χ0v) is 14.9. The lowest BCUT2D eigenvalue weighted by atomic mass is 10.2. The van der Waals surface area contributed by atoms with Gasteiger partial charge in [-0.1, -0.05) is 23.7 Å². The molecule has 1 amide bonds. The molecule has 0 unspecified atom stereocenters. The normalized spacial score (nSPS) is 12.8. The molecule has 0 saturated heterocycles. The third-order valence-electron chi connectivity index (χ3n) is 4.26. The van der Waals surface area contributed by atoms with E-state index < -0.39 is 0 Å². The second kappa shape index (κ2) is 6.72. The van der Waals surface area contributed by atoms with E-state index in [1.54, 1.807) is 31.4 Å². The number of nitrogens with zero attached hydrogens (tertiary/aromatic N) is 3. The first-order chi connectivity index (χ1) is 12.6. The minimum absolute atomic E-state index is 0.227. The summed E-state index contributed by atoms with van der Waals surface area (Å²) in [5.41, 5.74) is 1.52. The Balaban J connectivity index is 1.55. The van der Waals surface area contributed by atoms with Crippen LogP contribution in [0.4, 0.5) is 17.3 Å². The molecule has 2 heterocycles. The van der Waals surface area contributed by atoms with Gasteiger partial charge in [0, 0.05) is 28.9 Å². The summed E-state index contributed by atoms with van der Waals surface area (Å²) < 4.78 is 7.04. The molecule has 7 heteroatoms. The monoisotopic (exact) mass is 368 g/mol. The molecule has 0 radical (unpaired) electrons. The number of hydrogen-bond acceptors (Lipinski definition) is 4. The summed E-state index contributed by atoms with van der Waals surface area (Å²) in [5.74, 6) is 1.85. The summed E-state index contributed by atoms with van der Waals surface area (Å²) >= 11 is 6.10. The zero-order valence-electron chi connectivity index (χ0n) is 14.1. The van der Waals surface area contributed by atoms with E-state index in [0.717, 1.165) is 24.6 Å². The van der Waals surface area contributed by atoms with Crippen LogP contribution >= 0.6 is 11.6 Å². The number of carbonyl (C=O) groups excluding carboxylic acids is 1. The van der Waals surface area contributed by atoms with E-state index in [1.807, 2.05) is 35.0 Å². The molecule has 3 aromatic rings. The Morgan fingerprint density at radius 1 is 1.15 bits per heavy atom. The molecular weight excluding hydrogens is 352 g/mol. The largest absolute Gasteiger partial charge is 0.497 e. The van der Waals surface area contributed by atoms with Gasteiger partial charge in [-0.15, -0.1) is 0 Å². The molecule has 132 valence electrons. The minimum Gasteiger partial charge on any atom is -0.497 e. The number of ether oxygens (including phenoxy) is 1. The number of carbonyl (C=O) groups is 1. The van der Waals surface area contributed by atoms with Gasteiger partial charge in [-0.25, -0.2) is 4.68 Å². The summed E-state index contributed by atoms with van der Waals surface area (Å²) in [4.78, 5) is 14.6. The summed E-state index contributed by atoms with van der Waals surface area (Å²) in [5, 5.41) is 8.01. The van der Waals surface area contributed by atoms with Crippen molar-refractivity contribution in [2.45, 2.75) is 6.54 Å². The summed E-state index contributed by atoms with van der Waals surface area (Å²) in [6.07, 6.45) is 0. The van der Waals surface area contributed by atoms with Gasteiger partial charge >= 0.3 is 0 Å². The molecule has 1 aromatic heterocycles. The minimum atomic E-state index is -0.227. The van der Waals surface area contributed by atoms with Gasteiger partial charge in [0.25, 0.3) is 5.91 Å². The van der Waals surface area contributed by atoms with Gasteiger partial charge in [-0.05, 0) is 36.4 Å². The smallest absolute Gasteiger partial charge is 0.256 e. The van der Waals surface area contributed by atoms with Crippen molar-refractivity contribution >= 4 is 34.8 Å². The Morgan fingerprint density at radius 3 is 2.81 bits per heavy atom. The number of benzene rings is 2. The number of rotatable bonds is 4. The Labute approximate surface area is 155 Å². The van der Waals surface area contributed by atoms with Crippen molar-refractivity contribution in [1.29, 1.82) is 0 Å². The molecule has 1 aliphatic heterocycles. The molecule has 0 bridgehead atoms. The highest BCUT2D eigenvalue weighted by Gasteiger charge is 2.23. The van der Waals surface area contributed by atoms with E-state index in [4.69, 9.17) is 16.3 Å². The van der Waals surface area contributed by atoms with Crippen LogP contribution in [0, 0.1) is 0 Å². The molecular formula is C19H17ClN4O2. The number of methoxy groups -OCH3 is 1. The summed E-state index contributed by atoms with van der Waals surface area (Å²) in [6, 6.07) is 16.6. The van der Waals surface area contributed by atoms with Crippen molar-refractivity contribution in [2.75, 3.05) is 23.9 Å². The lowest BCUT2D eigenvalue weighted by Gasteiger charge is -2.17. The van der Waals surface area contributed by atoms with Gasteiger partial charge in [-0.3, -0.25) is 4.79 Å². The van der Waals surface area contributed by atoms with Crippen LogP contribution in [0.15, 0.2) is 54.6 Å². The second-order valence-electron chi connectivity index (χ2n) is 5.93. The van der Waals surface area contributed by atoms with Gasteiger partial charge in [0.15, 0.2) is 5.82 Å². The number of nitrogens with one attached hydrogen (secondary N) is 1. The fourth-order valence-corrected chi connectivity index (χ4v) is 3.20. The van der Waals surface area contributed by atoms with Crippen LogP contribution in [0.5, 0.6) is 5.75 Å². The predicted molar refractivity (Wildman–Crippen MR) is 102 cm³/mol. The molecule has 0 aliphatic carbocycles. The van der Waals surface area contributed by atoms with E-state index in [2.05, 4.69) is 15.3 Å². The number of halogens is 1. The van der Waals surface area contributed by atoms with Gasteiger partial charge in [0.2, 0.25) is 0 Å². The topological polar surface area (TPSA) is 59.4 Å². The molecule has 4 rings (SSSR count). The SMILES string of the molecule is COc1cccc(C(=O)Nc2cc3n(n2)CCN3c2cccc(Cl)c2)c1. The first-order valence-corrected chi connectivity index (χ1v) is 8.58. The quantitative estimate of drug-likeness (QED) is 0.757. The van der Waals surface area contributed by atoms with Gasteiger partial charge in [0.1, 0.15) is 11.6 Å². The lowest BCUT2D eigenvalue weighted by Crippen LogP contribution is -2.15. The average Bonchev–Trinajstić information content (AvgIpc) is 3.21. The van der Waals surface area contributed by atoms with Crippen molar-refractivity contribution in [2.24, 2.45) is 0 Å². The first kappa shape index (κ1) is 16.5. The van der Waals surface area contributed by atoms with Gasteiger partial charge < -0.3 is 15.0 Å². The predicted octanol–water partition coefficient (Wildman–Crippen LogP) is 3.95. The molecule has 26 heavy (non-hydrogen) atoms. The van der Waals surface area contributed by atoms with Crippen molar-refractivity contribution in [3.8, 4) is 5.75 Å². The second-order valence-corrected chi connectivity index (χ2v) is 6.36. The third kappa shape index (κ3) is 3.11. The Hall–Kier alpha value is -2.99. The lowest BCUT2D eigenvalue weighted by molar-refractivity contribution is 0.102. The Morgan fingerprint density at radius 2 is 2.00 bits per heavy atom. The van der Waals surface area contributed by atoms with Gasteiger partial charge in [0.05, 0.1) is 13.7 Å². The van der Waals surface area contributed by atoms with Crippen LogP contribution in [0.2, 0.25) is 5.02 Å². The van der Waals surface area contributed by atoms with E-state index in [1.165, 1.54) is 0 Å². The van der Waals surface area contributed by atoms with E-state index in [-0.39, 0.29) is 5.91 Å². The van der Waals surface area contributed by atoms with Crippen LogP contribution in [-0.4, -0.2) is 29.3 Å². The number of hydrogen-bond donors (Lipinski definition) is 1. The van der Waals surface area contributed by atoms with Crippen molar-refractivity contribution < 1.29 is 9.53 Å². The summed E-state index contributed by atoms with van der Waals surface area (Å²) in [7, 11) is 1.57.